The van der Waals surface area contributed by atoms with Crippen molar-refractivity contribution in [1.82, 2.24) is 10.0 Å². The minimum absolute atomic E-state index is 0.197. The molecule has 5 heterocycles. The lowest BCUT2D eigenvalue weighted by atomic mass is 9.49. The number of sulfone groups is 1. The molecular formula is C36H64B3F9N4O8P2S. The summed E-state index contributed by atoms with van der Waals surface area (Å²) >= 11 is 0. The number of hydrogen-bond acceptors (Lipinski definition) is 10. The number of alkyl halides is 9. The molecule has 5 aliphatic heterocycles. The van der Waals surface area contributed by atoms with Gasteiger partial charge in [0.05, 0.1) is 33.6 Å². The maximum absolute atomic E-state index is 13.6. The molecule has 0 N–H and O–H groups in total. The second-order valence-electron chi connectivity index (χ2n) is 17.5. The molecule has 0 spiro atoms. The van der Waals surface area contributed by atoms with Gasteiger partial charge in [0.25, 0.3) is 0 Å². The van der Waals surface area contributed by atoms with Crippen LogP contribution in [-0.4, -0.2) is 123 Å². The second kappa shape index (κ2) is 21.0. The molecular weight excluding hydrogens is 914 g/mol. The Hall–Kier alpha value is -1.13. The van der Waals surface area contributed by atoms with Crippen LogP contribution >= 0.6 is 18.1 Å². The monoisotopic (exact) mass is 978 g/mol. The Kier molecular flexibility index (Phi) is 20.0. The summed E-state index contributed by atoms with van der Waals surface area (Å²) in [5.41, 5.74) is -0.717. The summed E-state index contributed by atoms with van der Waals surface area (Å²) in [4.78, 5) is 5.94. The number of nitrogens with zero attached hydrogens (tertiary/aromatic N) is 4. The van der Waals surface area contributed by atoms with Crippen LogP contribution in [0, 0.1) is 0 Å². The van der Waals surface area contributed by atoms with E-state index in [1.54, 1.807) is 0 Å². The molecule has 0 aromatic heterocycles. The van der Waals surface area contributed by atoms with E-state index in [2.05, 4.69) is 61.5 Å². The predicted octanol–water partition coefficient (Wildman–Crippen LogP) is 10.5. The molecule has 5 rings (SSSR count). The Morgan fingerprint density at radius 3 is 1.14 bits per heavy atom. The second-order valence-corrected chi connectivity index (χ2v) is 19.9. The molecule has 0 saturated carbocycles. The molecule has 3 fully saturated rings. The molecule has 5 aliphatic rings. The highest BCUT2D eigenvalue weighted by Gasteiger charge is 2.85. The molecule has 0 unspecified atom stereocenters. The van der Waals surface area contributed by atoms with Crippen LogP contribution in [0.5, 0.6) is 0 Å². The highest BCUT2D eigenvalue weighted by atomic mass is 32.2. The van der Waals surface area contributed by atoms with Crippen LogP contribution < -0.4 is 0 Å². The van der Waals surface area contributed by atoms with Gasteiger partial charge in [-0.05, 0) is 101 Å². The molecule has 0 bridgehead atoms. The van der Waals surface area contributed by atoms with E-state index in [1.165, 1.54) is 5.47 Å². The highest BCUT2D eigenvalue weighted by Crippen LogP contribution is 2.56. The topological polar surface area (TPSA) is 121 Å². The minimum atomic E-state index is -7.26. The summed E-state index contributed by atoms with van der Waals surface area (Å²) in [7, 11) is -1.84. The largest absolute Gasteiger partial charge is 0.490 e. The van der Waals surface area contributed by atoms with Gasteiger partial charge in [-0.15, -0.1) is 0 Å². The van der Waals surface area contributed by atoms with Crippen LogP contribution in [0.4, 0.5) is 39.5 Å². The standard InChI is InChI=1S/C12H24B2O4.C11H20BN2O2P.C9H8F9N2O2PS.2C2H6/c1-9(2)10(3,4)16-13(15-9)14-17-11(5,6)12(7,8)18-14;1-10(2)11(3,4)16-12(15-10)9-5-7-14(13-17)8-6-9;10-6(11,8(14,15)16)7(12,13)9(17,18)24(21,22)5-1-3-20(19-23)4-2-5;2*1-2/h1-8H3;5,17H,6-8H2,1-4H3;1,23H,2-4H2;2*1-2H3. The van der Waals surface area contributed by atoms with Crippen LogP contribution in [0.1, 0.15) is 124 Å². The SMILES string of the molecule is CC.CC.CC1(C)OB(B2OC(C)(C)C(C)(C)O2)OC1(C)C.CC1(C)OB(C2=CCN(N=P)CC2)OC1(C)C.O=S(=O)(C1=CCN(N=P)CC1)C(F)(F)C(F)(F)C(F)(F)C(F)(F)F. The zero-order valence-corrected chi connectivity index (χ0v) is 41.8. The molecule has 3 saturated heterocycles. The Morgan fingerprint density at radius 1 is 0.556 bits per heavy atom. The van der Waals surface area contributed by atoms with E-state index in [0.29, 0.717) is 6.08 Å². The summed E-state index contributed by atoms with van der Waals surface area (Å²) in [6, 6.07) is 0. The summed E-state index contributed by atoms with van der Waals surface area (Å²) in [6.07, 6.45) is -4.36. The van der Waals surface area contributed by atoms with E-state index in [1.807, 2.05) is 88.1 Å². The van der Waals surface area contributed by atoms with Crippen molar-refractivity contribution in [3.8, 4) is 0 Å². The zero-order chi connectivity index (χ0) is 49.9. The van der Waals surface area contributed by atoms with Gasteiger partial charge >= 0.3 is 44.4 Å². The lowest BCUT2D eigenvalue weighted by Crippen LogP contribution is -2.63. The zero-order valence-electron chi connectivity index (χ0n) is 39.0. The first-order valence-electron chi connectivity index (χ1n) is 20.4. The maximum Gasteiger partial charge on any atom is 0.490 e. The van der Waals surface area contributed by atoms with E-state index in [4.69, 9.17) is 27.9 Å². The van der Waals surface area contributed by atoms with E-state index in [-0.39, 0.29) is 47.3 Å². The fourth-order valence-electron chi connectivity index (χ4n) is 5.64. The fraction of sp³-hybridized carbons (Fsp3) is 0.889. The van der Waals surface area contributed by atoms with E-state index in [0.717, 1.165) is 24.5 Å². The molecule has 0 aromatic carbocycles. The lowest BCUT2D eigenvalue weighted by Gasteiger charge is -2.34. The lowest BCUT2D eigenvalue weighted by molar-refractivity contribution is -0.382. The van der Waals surface area contributed by atoms with Gasteiger partial charge in [-0.2, -0.15) is 59.2 Å². The van der Waals surface area contributed by atoms with Gasteiger partial charge in [0.15, 0.2) is 0 Å². The van der Waals surface area contributed by atoms with Crippen LogP contribution in [0.2, 0.25) is 0 Å². The molecule has 364 valence electrons. The van der Waals surface area contributed by atoms with Crippen molar-refractivity contribution in [1.29, 1.82) is 0 Å². The minimum Gasteiger partial charge on any atom is -0.405 e. The number of halogens is 9. The van der Waals surface area contributed by atoms with Crippen molar-refractivity contribution in [2.45, 2.75) is 181 Å². The Balaban J connectivity index is 0.000000460. The van der Waals surface area contributed by atoms with Gasteiger partial charge < -0.3 is 27.9 Å². The third kappa shape index (κ3) is 12.5. The Morgan fingerprint density at radius 2 is 0.873 bits per heavy atom. The van der Waals surface area contributed by atoms with Crippen LogP contribution in [0.3, 0.4) is 0 Å². The van der Waals surface area contributed by atoms with Gasteiger partial charge in [0.2, 0.25) is 9.84 Å². The molecule has 63 heavy (non-hydrogen) atoms. The average Bonchev–Trinajstić information content (AvgIpc) is 3.65. The van der Waals surface area contributed by atoms with Crippen LogP contribution in [0.25, 0.3) is 0 Å². The first-order valence-corrected chi connectivity index (χ1v) is 22.8. The summed E-state index contributed by atoms with van der Waals surface area (Å²) in [5, 5.41) is -3.67. The first kappa shape index (κ1) is 59.9. The highest BCUT2D eigenvalue weighted by molar-refractivity contribution is 7.96. The normalized spacial score (nSPS) is 24.2. The predicted molar refractivity (Wildman–Crippen MR) is 231 cm³/mol. The molecule has 0 atom stereocenters. The van der Waals surface area contributed by atoms with Crippen molar-refractivity contribution in [2.75, 3.05) is 26.2 Å². The van der Waals surface area contributed by atoms with Crippen molar-refractivity contribution in [3.05, 3.63) is 22.5 Å². The molecule has 0 aromatic rings. The van der Waals surface area contributed by atoms with E-state index < -0.39 is 65.0 Å². The third-order valence-corrected chi connectivity index (χ3v) is 14.3. The van der Waals surface area contributed by atoms with Crippen molar-refractivity contribution >= 4 is 49.0 Å². The van der Waals surface area contributed by atoms with Crippen molar-refractivity contribution < 1.29 is 75.9 Å². The van der Waals surface area contributed by atoms with Gasteiger partial charge in [0.1, 0.15) is 0 Å². The maximum atomic E-state index is 13.6. The van der Waals surface area contributed by atoms with E-state index in [9.17, 15) is 47.9 Å². The Labute approximate surface area is 373 Å². The summed E-state index contributed by atoms with van der Waals surface area (Å²) < 4.78 is 174. The average molecular weight is 978 g/mol. The molecule has 27 heteroatoms. The first-order chi connectivity index (χ1) is 28.3. The van der Waals surface area contributed by atoms with Gasteiger partial charge in [-0.1, -0.05) is 39.8 Å². The van der Waals surface area contributed by atoms with E-state index >= 15 is 0 Å². The number of rotatable bonds is 8. The summed E-state index contributed by atoms with van der Waals surface area (Å²) in [5.74, 6) is -14.5. The summed E-state index contributed by atoms with van der Waals surface area (Å²) in [6.45, 7) is 33.4. The quantitative estimate of drug-likeness (QED) is 0.132. The molecule has 0 amide bonds. The smallest absolute Gasteiger partial charge is 0.405 e. The van der Waals surface area contributed by atoms with Crippen LogP contribution in [-0.2, 0) is 37.8 Å². The molecule has 0 radical (unpaired) electrons. The van der Waals surface area contributed by atoms with Gasteiger partial charge in [0, 0.05) is 49.1 Å². The number of hydrogen-bond donors (Lipinski definition) is 0. The third-order valence-electron chi connectivity index (χ3n) is 11.8. The molecule has 0 aliphatic carbocycles. The fourth-order valence-corrected chi connectivity index (χ4v) is 7.45. The van der Waals surface area contributed by atoms with Crippen LogP contribution in [0.15, 0.2) is 32.2 Å². The van der Waals surface area contributed by atoms with Crippen molar-refractivity contribution in [2.24, 2.45) is 9.71 Å². The van der Waals surface area contributed by atoms with Crippen molar-refractivity contribution in [3.63, 3.8) is 0 Å². The Bertz CT molecular complexity index is 1680. The van der Waals surface area contributed by atoms with Gasteiger partial charge in [-0.25, -0.2) is 8.42 Å². The molecule has 12 nitrogen and oxygen atoms in total. The van der Waals surface area contributed by atoms with Gasteiger partial charge in [-0.3, -0.25) is 0 Å².